The van der Waals surface area contributed by atoms with Gasteiger partial charge in [0.2, 0.25) is 0 Å². The van der Waals surface area contributed by atoms with Crippen molar-refractivity contribution in [3.63, 3.8) is 0 Å². The first-order valence-corrected chi connectivity index (χ1v) is 15.7. The molecular weight excluding hydrogens is 842 g/mol. The first-order valence-electron chi connectivity index (χ1n) is 15.7. The number of aromatic nitrogens is 3. The minimum absolute atomic E-state index is 0.0354. The van der Waals surface area contributed by atoms with Crippen molar-refractivity contribution in [1.29, 1.82) is 0 Å². The summed E-state index contributed by atoms with van der Waals surface area (Å²) in [4.78, 5) is 3.13. The van der Waals surface area contributed by atoms with Crippen molar-refractivity contribution in [2.45, 2.75) is 130 Å². The van der Waals surface area contributed by atoms with E-state index in [1.807, 2.05) is 0 Å². The van der Waals surface area contributed by atoms with Crippen LogP contribution in [0.4, 0.5) is 87.8 Å². The summed E-state index contributed by atoms with van der Waals surface area (Å²) in [6, 6.07) is 0. The molecule has 0 amide bonds. The SMILES string of the molecule is CN=CC(=NN)C(F)C(F)C(F)C(F)C(F)C(F)C(F)C(F)C(F)C(F)C(C=Nn1cc(C(F)C(F)C(F)C(F)C(F)C(F)C(F)C(F)C(F)C(C)F)nn1)=NN. The van der Waals surface area contributed by atoms with Crippen LogP contribution in [0.25, 0.3) is 0 Å². The maximum Gasteiger partial charge on any atom is 0.179 e. The summed E-state index contributed by atoms with van der Waals surface area (Å²) in [7, 11) is 0.981. The van der Waals surface area contributed by atoms with Crippen LogP contribution in [0.1, 0.15) is 18.8 Å². The molecule has 0 aromatic carbocycles. The smallest absolute Gasteiger partial charge is 0.179 e. The number of hydrazone groups is 2. The normalized spacial score (nSPS) is 24.2. The van der Waals surface area contributed by atoms with E-state index in [2.05, 4.69) is 30.6 Å². The molecule has 20 unspecified atom stereocenters. The molecule has 1 rings (SSSR count). The molecule has 0 aliphatic heterocycles. The Labute approximate surface area is 308 Å². The number of hydrogen-bond acceptors (Lipinski definition) is 8. The van der Waals surface area contributed by atoms with Crippen LogP contribution in [-0.4, -0.2) is 163 Å². The molecule has 0 fully saturated rings. The zero-order chi connectivity index (χ0) is 44.2. The summed E-state index contributed by atoms with van der Waals surface area (Å²) in [5, 5.41) is 14.2. The highest BCUT2D eigenvalue weighted by molar-refractivity contribution is 6.33. The Morgan fingerprint density at radius 1 is 0.509 bits per heavy atom. The minimum atomic E-state index is -4.20. The zero-order valence-corrected chi connectivity index (χ0v) is 28.6. The number of alkyl halides is 20. The Kier molecular flexibility index (Phi) is 20.4. The van der Waals surface area contributed by atoms with E-state index in [4.69, 9.17) is 11.7 Å². The highest BCUT2D eigenvalue weighted by atomic mass is 19.2. The van der Waals surface area contributed by atoms with Crippen molar-refractivity contribution in [1.82, 2.24) is 15.1 Å². The van der Waals surface area contributed by atoms with Crippen LogP contribution in [-0.2, 0) is 0 Å². The third kappa shape index (κ3) is 12.8. The molecule has 0 saturated heterocycles. The largest absolute Gasteiger partial charge is 0.323 e. The average molecular weight is 876 g/mol. The van der Waals surface area contributed by atoms with Gasteiger partial charge in [-0.15, -0.1) is 9.89 Å². The van der Waals surface area contributed by atoms with Crippen molar-refractivity contribution in [2.24, 2.45) is 32.0 Å². The Morgan fingerprint density at radius 3 is 1.16 bits per heavy atom. The van der Waals surface area contributed by atoms with Gasteiger partial charge < -0.3 is 11.7 Å². The number of aliphatic imine (C=N–C) groups is 1. The summed E-state index contributed by atoms with van der Waals surface area (Å²) in [5.41, 5.74) is -4.09. The molecule has 1 heterocycles. The van der Waals surface area contributed by atoms with Crippen molar-refractivity contribution >= 4 is 23.9 Å². The maximum absolute atomic E-state index is 14.7. The van der Waals surface area contributed by atoms with E-state index < -0.39 is 141 Å². The fourth-order valence-electron chi connectivity index (χ4n) is 4.39. The lowest BCUT2D eigenvalue weighted by molar-refractivity contribution is -0.0601. The van der Waals surface area contributed by atoms with Gasteiger partial charge in [0.1, 0.15) is 23.3 Å². The van der Waals surface area contributed by atoms with Gasteiger partial charge in [-0.3, -0.25) is 4.99 Å². The lowest BCUT2D eigenvalue weighted by Crippen LogP contribution is -2.50. The van der Waals surface area contributed by atoms with Gasteiger partial charge in [0.05, 0.1) is 12.4 Å². The van der Waals surface area contributed by atoms with E-state index in [1.54, 1.807) is 0 Å². The third-order valence-electron chi connectivity index (χ3n) is 7.75. The Hall–Kier alpha value is -3.98. The predicted molar refractivity (Wildman–Crippen MR) is 164 cm³/mol. The van der Waals surface area contributed by atoms with Gasteiger partial charge in [0.15, 0.2) is 117 Å². The number of nitrogens with two attached hydrogens (primary N) is 2. The summed E-state index contributed by atoms with van der Waals surface area (Å²) < 4.78 is 282. The quantitative estimate of drug-likeness (QED) is 0.0580. The van der Waals surface area contributed by atoms with Crippen molar-refractivity contribution < 1.29 is 87.8 Å². The monoisotopic (exact) mass is 875 g/mol. The van der Waals surface area contributed by atoms with Gasteiger partial charge in [-0.1, -0.05) is 0 Å². The molecule has 0 radical (unpaired) electrons. The minimum Gasteiger partial charge on any atom is -0.323 e. The van der Waals surface area contributed by atoms with Gasteiger partial charge in [0.25, 0.3) is 0 Å². The predicted octanol–water partition coefficient (Wildman–Crippen LogP) is 5.90. The second-order valence-electron chi connectivity index (χ2n) is 11.8. The molecule has 57 heavy (non-hydrogen) atoms. The summed E-state index contributed by atoms with van der Waals surface area (Å²) >= 11 is 0. The molecule has 20 atom stereocenters. The molecule has 0 aliphatic rings. The van der Waals surface area contributed by atoms with Gasteiger partial charge in [0, 0.05) is 13.3 Å². The van der Waals surface area contributed by atoms with Crippen molar-refractivity contribution in [2.75, 3.05) is 7.05 Å². The highest BCUT2D eigenvalue weighted by Gasteiger charge is 2.52. The average Bonchev–Trinajstić information content (AvgIpc) is 3.69. The fourth-order valence-corrected chi connectivity index (χ4v) is 4.39. The van der Waals surface area contributed by atoms with E-state index in [-0.39, 0.29) is 17.2 Å². The fraction of sp³-hybridized carbons (Fsp3) is 0.786. The van der Waals surface area contributed by atoms with Crippen LogP contribution < -0.4 is 11.7 Å². The summed E-state index contributed by atoms with van der Waals surface area (Å²) in [6.07, 6.45) is -76.0. The molecule has 0 saturated carbocycles. The topological polar surface area (TPSA) is 132 Å². The second-order valence-corrected chi connectivity index (χ2v) is 11.8. The lowest BCUT2D eigenvalue weighted by atomic mass is 9.94. The van der Waals surface area contributed by atoms with E-state index in [0.29, 0.717) is 13.1 Å². The lowest BCUT2D eigenvalue weighted by Gasteiger charge is -2.27. The molecule has 330 valence electrons. The summed E-state index contributed by atoms with van der Waals surface area (Å²) in [5.74, 6) is 9.51. The molecule has 9 nitrogen and oxygen atoms in total. The molecular formula is C28H33F20N9. The molecule has 0 bridgehead atoms. The number of halogens is 20. The molecule has 1 aromatic heterocycles. The maximum atomic E-state index is 14.7. The van der Waals surface area contributed by atoms with Crippen LogP contribution in [0.2, 0.25) is 0 Å². The van der Waals surface area contributed by atoms with E-state index in [9.17, 15) is 87.8 Å². The first-order chi connectivity index (χ1) is 26.4. The van der Waals surface area contributed by atoms with Crippen LogP contribution in [0.5, 0.6) is 0 Å². The van der Waals surface area contributed by atoms with Crippen LogP contribution in [0.3, 0.4) is 0 Å². The molecule has 0 spiro atoms. The Bertz CT molecular complexity index is 1460. The zero-order valence-electron chi connectivity index (χ0n) is 28.6. The van der Waals surface area contributed by atoms with Crippen molar-refractivity contribution in [3.8, 4) is 0 Å². The molecule has 0 aliphatic carbocycles. The van der Waals surface area contributed by atoms with Crippen molar-refractivity contribution in [3.05, 3.63) is 11.9 Å². The molecule has 29 heteroatoms. The van der Waals surface area contributed by atoms with Gasteiger partial charge >= 0.3 is 0 Å². The van der Waals surface area contributed by atoms with Crippen LogP contribution in [0, 0.1) is 0 Å². The van der Waals surface area contributed by atoms with Gasteiger partial charge in [-0.2, -0.15) is 15.3 Å². The number of nitrogens with zero attached hydrogens (tertiary/aromatic N) is 7. The second kappa shape index (κ2) is 22.8. The van der Waals surface area contributed by atoms with Crippen LogP contribution >= 0.6 is 0 Å². The van der Waals surface area contributed by atoms with Crippen LogP contribution in [0.15, 0.2) is 26.5 Å². The number of hydrogen-bond donors (Lipinski definition) is 2. The van der Waals surface area contributed by atoms with E-state index in [0.717, 1.165) is 7.05 Å². The first kappa shape index (κ1) is 51.0. The summed E-state index contributed by atoms with van der Waals surface area (Å²) in [6.45, 7) is 0.358. The van der Waals surface area contributed by atoms with E-state index in [1.165, 1.54) is 0 Å². The standard InChI is InChI=1S/C28H33F20N9/c1-6(29)10(30)14(34)18(38)22(42)26(46)25(45)21(41)17(37)13(33)9-5-57(56-55-9)52-4-8(54-50)12(32)16(36)20(40)24(44)28(48)27(47)23(43)19(39)15(35)11(31)7(53-49)3-51-2/h3-6,10-28H,49-50H2,1-2H3. The number of rotatable bonds is 24. The molecule has 4 N–H and O–H groups in total. The van der Waals surface area contributed by atoms with Gasteiger partial charge in [-0.25, -0.2) is 87.8 Å². The third-order valence-corrected chi connectivity index (χ3v) is 7.75. The molecule has 1 aromatic rings. The Balaban J connectivity index is 2.99. The van der Waals surface area contributed by atoms with E-state index >= 15 is 0 Å². The Morgan fingerprint density at radius 2 is 0.825 bits per heavy atom. The van der Waals surface area contributed by atoms with Gasteiger partial charge in [-0.05, 0) is 12.1 Å². The highest BCUT2D eigenvalue weighted by Crippen LogP contribution is 2.34.